The maximum Gasteiger partial charge on any atom is 0.357 e. The van der Waals surface area contributed by atoms with Crippen LogP contribution in [0.4, 0.5) is 0 Å². The highest BCUT2D eigenvalue weighted by atomic mass is 32.1. The average Bonchev–Trinajstić information content (AvgIpc) is 3.18. The zero-order valence-electron chi connectivity index (χ0n) is 14.4. The van der Waals surface area contributed by atoms with Crippen LogP contribution in [-0.2, 0) is 4.74 Å². The van der Waals surface area contributed by atoms with Crippen molar-refractivity contribution in [3.8, 4) is 16.5 Å². The van der Waals surface area contributed by atoms with Gasteiger partial charge in [0.2, 0.25) is 0 Å². The summed E-state index contributed by atoms with van der Waals surface area (Å²) in [6, 6.07) is 10.1. The van der Waals surface area contributed by atoms with E-state index in [1.54, 1.807) is 23.6 Å². The summed E-state index contributed by atoms with van der Waals surface area (Å²) in [6.45, 7) is 2.11. The second-order valence-electron chi connectivity index (χ2n) is 6.66. The standard InChI is InChI=1S/C20H22N2O2S/c1-2-9-20(14-21)10-7-16(8-11-20)24-19(23)17-6-5-15(13-22-17)18-4-3-12-25-18/h3-6,12-13,16H,2,7-11H2,1H3/t16-,20-. The van der Waals surface area contributed by atoms with E-state index in [4.69, 9.17) is 4.74 Å². The van der Waals surface area contributed by atoms with E-state index < -0.39 is 0 Å². The molecular formula is C20H22N2O2S. The molecule has 130 valence electrons. The molecule has 0 aromatic carbocycles. The third kappa shape index (κ3) is 4.08. The fourth-order valence-corrected chi connectivity index (χ4v) is 4.19. The van der Waals surface area contributed by atoms with Crippen molar-refractivity contribution in [1.82, 2.24) is 4.98 Å². The SMILES string of the molecule is CCC[C@]1(C#N)CC[C@H](OC(=O)c2ccc(-c3cccs3)cn2)CC1. The molecule has 0 atom stereocenters. The fraction of sp³-hybridized carbons (Fsp3) is 0.450. The normalized spacial score (nSPS) is 23.0. The third-order valence-corrected chi connectivity index (χ3v) is 5.83. The van der Waals surface area contributed by atoms with Crippen molar-refractivity contribution >= 4 is 17.3 Å². The minimum Gasteiger partial charge on any atom is -0.458 e. The molecule has 0 bridgehead atoms. The van der Waals surface area contributed by atoms with Crippen LogP contribution >= 0.6 is 11.3 Å². The zero-order valence-corrected chi connectivity index (χ0v) is 15.2. The van der Waals surface area contributed by atoms with Crippen molar-refractivity contribution in [3.05, 3.63) is 41.5 Å². The largest absolute Gasteiger partial charge is 0.458 e. The van der Waals surface area contributed by atoms with Crippen LogP contribution in [0.15, 0.2) is 35.8 Å². The van der Waals surface area contributed by atoms with Crippen LogP contribution in [0.3, 0.4) is 0 Å². The van der Waals surface area contributed by atoms with Crippen LogP contribution in [0.25, 0.3) is 10.4 Å². The Labute approximate surface area is 152 Å². The van der Waals surface area contributed by atoms with Gasteiger partial charge in [0.05, 0.1) is 11.5 Å². The molecular weight excluding hydrogens is 332 g/mol. The molecule has 1 aliphatic carbocycles. The van der Waals surface area contributed by atoms with Crippen molar-refractivity contribution in [2.45, 2.75) is 51.6 Å². The highest BCUT2D eigenvalue weighted by Gasteiger charge is 2.36. The Morgan fingerprint density at radius 3 is 2.76 bits per heavy atom. The van der Waals surface area contributed by atoms with Gasteiger partial charge in [0.15, 0.2) is 0 Å². The summed E-state index contributed by atoms with van der Waals surface area (Å²) in [6.07, 6.45) is 6.67. The quantitative estimate of drug-likeness (QED) is 0.691. The molecule has 0 amide bonds. The first kappa shape index (κ1) is 17.6. The Kier molecular flexibility index (Phi) is 5.50. The van der Waals surface area contributed by atoms with Gasteiger partial charge in [-0.3, -0.25) is 0 Å². The topological polar surface area (TPSA) is 63.0 Å². The van der Waals surface area contributed by atoms with Crippen LogP contribution in [0.1, 0.15) is 55.9 Å². The first-order valence-electron chi connectivity index (χ1n) is 8.78. The number of hydrogen-bond donors (Lipinski definition) is 0. The number of aromatic nitrogens is 1. The van der Waals surface area contributed by atoms with Gasteiger partial charge in [0, 0.05) is 16.6 Å². The summed E-state index contributed by atoms with van der Waals surface area (Å²) >= 11 is 1.64. The summed E-state index contributed by atoms with van der Waals surface area (Å²) in [5, 5.41) is 11.5. The first-order valence-corrected chi connectivity index (χ1v) is 9.66. The molecule has 2 aromatic rings. The number of nitriles is 1. The Morgan fingerprint density at radius 1 is 1.40 bits per heavy atom. The van der Waals surface area contributed by atoms with Crippen molar-refractivity contribution in [2.75, 3.05) is 0 Å². The smallest absolute Gasteiger partial charge is 0.357 e. The molecule has 1 aliphatic rings. The second-order valence-corrected chi connectivity index (χ2v) is 7.60. The van der Waals surface area contributed by atoms with Crippen molar-refractivity contribution in [2.24, 2.45) is 5.41 Å². The van der Waals surface area contributed by atoms with E-state index in [0.29, 0.717) is 5.69 Å². The van der Waals surface area contributed by atoms with Crippen molar-refractivity contribution in [1.29, 1.82) is 5.26 Å². The molecule has 0 unspecified atom stereocenters. The maximum absolute atomic E-state index is 12.3. The molecule has 0 N–H and O–H groups in total. The Morgan fingerprint density at radius 2 is 2.20 bits per heavy atom. The lowest BCUT2D eigenvalue weighted by Gasteiger charge is -2.34. The maximum atomic E-state index is 12.3. The van der Waals surface area contributed by atoms with Crippen LogP contribution in [0.5, 0.6) is 0 Å². The lowest BCUT2D eigenvalue weighted by atomic mass is 9.71. The van der Waals surface area contributed by atoms with Gasteiger partial charge < -0.3 is 4.74 Å². The molecule has 0 aliphatic heterocycles. The Hall–Kier alpha value is -2.19. The van der Waals surface area contributed by atoms with E-state index >= 15 is 0 Å². The predicted octanol–water partition coefficient (Wildman–Crippen LogP) is 5.22. The molecule has 0 spiro atoms. The average molecular weight is 354 g/mol. The second kappa shape index (κ2) is 7.79. The molecule has 4 nitrogen and oxygen atoms in total. The summed E-state index contributed by atoms with van der Waals surface area (Å²) < 4.78 is 5.62. The van der Waals surface area contributed by atoms with Crippen LogP contribution < -0.4 is 0 Å². The van der Waals surface area contributed by atoms with Gasteiger partial charge in [-0.2, -0.15) is 5.26 Å². The molecule has 0 saturated heterocycles. The third-order valence-electron chi connectivity index (χ3n) is 4.91. The summed E-state index contributed by atoms with van der Waals surface area (Å²) in [4.78, 5) is 17.7. The summed E-state index contributed by atoms with van der Waals surface area (Å²) in [5.41, 5.74) is 1.12. The summed E-state index contributed by atoms with van der Waals surface area (Å²) in [7, 11) is 0. The number of carbonyl (C=O) groups excluding carboxylic acids is 1. The van der Waals surface area contributed by atoms with Crippen molar-refractivity contribution < 1.29 is 9.53 Å². The number of esters is 1. The van der Waals surface area contributed by atoms with E-state index in [9.17, 15) is 10.1 Å². The van der Waals surface area contributed by atoms with E-state index in [-0.39, 0.29) is 17.5 Å². The van der Waals surface area contributed by atoms with Crippen LogP contribution in [0.2, 0.25) is 0 Å². The number of thiophene rings is 1. The van der Waals surface area contributed by atoms with Gasteiger partial charge in [0.1, 0.15) is 11.8 Å². The van der Waals surface area contributed by atoms with E-state index in [1.807, 2.05) is 23.6 Å². The van der Waals surface area contributed by atoms with Gasteiger partial charge in [-0.1, -0.05) is 19.4 Å². The molecule has 25 heavy (non-hydrogen) atoms. The number of carbonyl (C=O) groups is 1. The number of rotatable bonds is 5. The molecule has 1 fully saturated rings. The van der Waals surface area contributed by atoms with E-state index in [2.05, 4.69) is 18.0 Å². The first-order chi connectivity index (χ1) is 12.2. The Balaban J connectivity index is 1.57. The molecule has 2 aromatic heterocycles. The molecule has 5 heteroatoms. The van der Waals surface area contributed by atoms with Gasteiger partial charge in [-0.05, 0) is 55.7 Å². The minimum absolute atomic E-state index is 0.107. The predicted molar refractivity (Wildman–Crippen MR) is 98.2 cm³/mol. The molecule has 1 saturated carbocycles. The Bertz CT molecular complexity index is 739. The minimum atomic E-state index is -0.373. The number of hydrogen-bond acceptors (Lipinski definition) is 5. The lowest BCUT2D eigenvalue weighted by molar-refractivity contribution is 0.0100. The summed E-state index contributed by atoms with van der Waals surface area (Å²) in [5.74, 6) is -0.373. The monoisotopic (exact) mass is 354 g/mol. The number of pyridine rings is 1. The van der Waals surface area contributed by atoms with Gasteiger partial charge in [-0.25, -0.2) is 9.78 Å². The molecule has 3 rings (SSSR count). The van der Waals surface area contributed by atoms with E-state index in [1.165, 1.54) is 0 Å². The van der Waals surface area contributed by atoms with Gasteiger partial charge in [-0.15, -0.1) is 11.3 Å². The zero-order chi connectivity index (χ0) is 17.7. The lowest BCUT2D eigenvalue weighted by Crippen LogP contribution is -2.31. The number of ether oxygens (including phenoxy) is 1. The van der Waals surface area contributed by atoms with Crippen LogP contribution in [0, 0.1) is 16.7 Å². The van der Waals surface area contributed by atoms with E-state index in [0.717, 1.165) is 49.0 Å². The van der Waals surface area contributed by atoms with Crippen molar-refractivity contribution in [3.63, 3.8) is 0 Å². The molecule has 0 radical (unpaired) electrons. The highest BCUT2D eigenvalue weighted by molar-refractivity contribution is 7.13. The fourth-order valence-electron chi connectivity index (χ4n) is 3.47. The van der Waals surface area contributed by atoms with Gasteiger partial charge >= 0.3 is 5.97 Å². The van der Waals surface area contributed by atoms with Gasteiger partial charge in [0.25, 0.3) is 0 Å². The highest BCUT2D eigenvalue weighted by Crippen LogP contribution is 2.40. The number of nitrogens with zero attached hydrogens (tertiary/aromatic N) is 2. The molecule has 2 heterocycles. The van der Waals surface area contributed by atoms with Crippen LogP contribution in [-0.4, -0.2) is 17.1 Å².